The van der Waals surface area contributed by atoms with Gasteiger partial charge in [0.1, 0.15) is 0 Å². The van der Waals surface area contributed by atoms with Crippen LogP contribution < -0.4 is 11.1 Å². The van der Waals surface area contributed by atoms with Crippen LogP contribution in [-0.4, -0.2) is 12.5 Å². The number of carbonyl (C=O) groups excluding carboxylic acids is 1. The molecule has 1 aliphatic rings. The van der Waals surface area contributed by atoms with Crippen LogP contribution in [-0.2, 0) is 4.79 Å². The SMILES string of the molecule is CC1(C)CC1C(=O)NCC(N)c1ccccc1. The van der Waals surface area contributed by atoms with Crippen LogP contribution in [0.3, 0.4) is 0 Å². The van der Waals surface area contributed by atoms with Crippen molar-refractivity contribution in [2.24, 2.45) is 17.1 Å². The van der Waals surface area contributed by atoms with Crippen molar-refractivity contribution >= 4 is 5.91 Å². The minimum atomic E-state index is -0.123. The van der Waals surface area contributed by atoms with Crippen LogP contribution in [0.4, 0.5) is 0 Å². The molecule has 0 aliphatic heterocycles. The first-order valence-corrected chi connectivity index (χ1v) is 6.09. The molecule has 0 spiro atoms. The first kappa shape index (κ1) is 12.1. The van der Waals surface area contributed by atoms with Crippen molar-refractivity contribution < 1.29 is 4.79 Å². The summed E-state index contributed by atoms with van der Waals surface area (Å²) in [4.78, 5) is 11.8. The van der Waals surface area contributed by atoms with Crippen LogP contribution in [0.5, 0.6) is 0 Å². The Balaban J connectivity index is 1.81. The van der Waals surface area contributed by atoms with Crippen LogP contribution in [0.1, 0.15) is 31.9 Å². The van der Waals surface area contributed by atoms with E-state index in [2.05, 4.69) is 19.2 Å². The van der Waals surface area contributed by atoms with E-state index < -0.39 is 0 Å². The summed E-state index contributed by atoms with van der Waals surface area (Å²) < 4.78 is 0. The Morgan fingerprint density at radius 2 is 2.06 bits per heavy atom. The van der Waals surface area contributed by atoms with E-state index in [9.17, 15) is 4.79 Å². The number of nitrogens with two attached hydrogens (primary N) is 1. The number of amides is 1. The van der Waals surface area contributed by atoms with Gasteiger partial charge in [-0.15, -0.1) is 0 Å². The molecule has 0 bridgehead atoms. The third kappa shape index (κ3) is 2.86. The summed E-state index contributed by atoms with van der Waals surface area (Å²) in [5, 5.41) is 2.93. The topological polar surface area (TPSA) is 55.1 Å². The summed E-state index contributed by atoms with van der Waals surface area (Å²) in [6.45, 7) is 4.75. The molecular weight excluding hydrogens is 212 g/mol. The summed E-state index contributed by atoms with van der Waals surface area (Å²) in [7, 11) is 0. The van der Waals surface area contributed by atoms with Crippen LogP contribution in [0, 0.1) is 11.3 Å². The van der Waals surface area contributed by atoms with Gasteiger partial charge in [-0.25, -0.2) is 0 Å². The van der Waals surface area contributed by atoms with Gasteiger partial charge in [-0.3, -0.25) is 4.79 Å². The second kappa shape index (κ2) is 4.49. The number of carbonyl (C=O) groups is 1. The Hall–Kier alpha value is -1.35. The van der Waals surface area contributed by atoms with Gasteiger partial charge in [0, 0.05) is 18.5 Å². The highest BCUT2D eigenvalue weighted by atomic mass is 16.2. The predicted molar refractivity (Wildman–Crippen MR) is 68.3 cm³/mol. The van der Waals surface area contributed by atoms with E-state index in [0.29, 0.717) is 6.54 Å². The molecule has 2 rings (SSSR count). The lowest BCUT2D eigenvalue weighted by molar-refractivity contribution is -0.123. The minimum Gasteiger partial charge on any atom is -0.354 e. The normalized spacial score (nSPS) is 22.9. The molecule has 0 saturated heterocycles. The van der Waals surface area contributed by atoms with E-state index in [1.165, 1.54) is 0 Å². The molecule has 0 radical (unpaired) electrons. The fourth-order valence-corrected chi connectivity index (χ4v) is 2.07. The van der Waals surface area contributed by atoms with E-state index in [4.69, 9.17) is 5.73 Å². The summed E-state index contributed by atoms with van der Waals surface area (Å²) in [6.07, 6.45) is 0.986. The molecule has 1 saturated carbocycles. The molecule has 1 fully saturated rings. The number of rotatable bonds is 4. The maximum absolute atomic E-state index is 11.8. The molecular formula is C14H20N2O. The van der Waals surface area contributed by atoms with Gasteiger partial charge in [0.15, 0.2) is 0 Å². The van der Waals surface area contributed by atoms with Gasteiger partial charge < -0.3 is 11.1 Å². The average Bonchev–Trinajstić information content (AvgIpc) is 2.96. The van der Waals surface area contributed by atoms with Crippen molar-refractivity contribution in [3.63, 3.8) is 0 Å². The van der Waals surface area contributed by atoms with Crippen molar-refractivity contribution in [3.8, 4) is 0 Å². The lowest BCUT2D eigenvalue weighted by Gasteiger charge is -2.13. The van der Waals surface area contributed by atoms with Gasteiger partial charge in [-0.05, 0) is 17.4 Å². The molecule has 1 amide bonds. The maximum Gasteiger partial charge on any atom is 0.223 e. The third-order valence-corrected chi connectivity index (χ3v) is 3.55. The predicted octanol–water partition coefficient (Wildman–Crippen LogP) is 1.85. The number of hydrogen-bond donors (Lipinski definition) is 2. The Kier molecular flexibility index (Phi) is 3.20. The fraction of sp³-hybridized carbons (Fsp3) is 0.500. The van der Waals surface area contributed by atoms with E-state index >= 15 is 0 Å². The van der Waals surface area contributed by atoms with Crippen molar-refractivity contribution in [3.05, 3.63) is 35.9 Å². The molecule has 3 N–H and O–H groups in total. The molecule has 2 atom stereocenters. The van der Waals surface area contributed by atoms with Crippen LogP contribution in [0.25, 0.3) is 0 Å². The zero-order chi connectivity index (χ0) is 12.5. The first-order chi connectivity index (χ1) is 8.00. The summed E-state index contributed by atoms with van der Waals surface area (Å²) in [5.41, 5.74) is 7.26. The number of hydrogen-bond acceptors (Lipinski definition) is 2. The molecule has 1 aromatic rings. The summed E-state index contributed by atoms with van der Waals surface area (Å²) in [6, 6.07) is 9.72. The molecule has 2 unspecified atom stereocenters. The van der Waals surface area contributed by atoms with E-state index in [1.807, 2.05) is 30.3 Å². The van der Waals surface area contributed by atoms with Crippen LogP contribution in [0.15, 0.2) is 30.3 Å². The molecule has 92 valence electrons. The second-order valence-electron chi connectivity index (χ2n) is 5.51. The Bertz CT molecular complexity index is 400. The molecule has 0 aromatic heterocycles. The first-order valence-electron chi connectivity index (χ1n) is 6.09. The lowest BCUT2D eigenvalue weighted by Crippen LogP contribution is -2.33. The Morgan fingerprint density at radius 3 is 2.59 bits per heavy atom. The van der Waals surface area contributed by atoms with E-state index in [0.717, 1.165) is 12.0 Å². The maximum atomic E-state index is 11.8. The van der Waals surface area contributed by atoms with Crippen LogP contribution >= 0.6 is 0 Å². The standard InChI is InChI=1S/C14H20N2O/c1-14(2)8-11(14)13(17)16-9-12(15)10-6-4-3-5-7-10/h3-7,11-12H,8-9,15H2,1-2H3,(H,16,17). The quantitative estimate of drug-likeness (QED) is 0.832. The number of nitrogens with one attached hydrogen (secondary N) is 1. The molecule has 1 aromatic carbocycles. The Labute approximate surface area is 102 Å². The lowest BCUT2D eigenvalue weighted by atomic mass is 10.1. The molecule has 17 heavy (non-hydrogen) atoms. The third-order valence-electron chi connectivity index (χ3n) is 3.55. The van der Waals surface area contributed by atoms with E-state index in [1.54, 1.807) is 0 Å². The zero-order valence-electron chi connectivity index (χ0n) is 10.4. The highest BCUT2D eigenvalue weighted by molar-refractivity contribution is 5.82. The molecule has 3 heteroatoms. The molecule has 1 aliphatic carbocycles. The van der Waals surface area contributed by atoms with E-state index in [-0.39, 0.29) is 23.3 Å². The molecule has 0 heterocycles. The van der Waals surface area contributed by atoms with Gasteiger partial charge in [-0.2, -0.15) is 0 Å². The smallest absolute Gasteiger partial charge is 0.223 e. The van der Waals surface area contributed by atoms with Crippen LogP contribution in [0.2, 0.25) is 0 Å². The van der Waals surface area contributed by atoms with Gasteiger partial charge in [0.25, 0.3) is 0 Å². The summed E-state index contributed by atoms with van der Waals surface area (Å²) in [5.74, 6) is 0.312. The second-order valence-corrected chi connectivity index (χ2v) is 5.51. The number of benzene rings is 1. The highest BCUT2D eigenvalue weighted by Crippen LogP contribution is 2.51. The van der Waals surface area contributed by atoms with Gasteiger partial charge in [0.05, 0.1) is 0 Å². The zero-order valence-corrected chi connectivity index (χ0v) is 10.4. The van der Waals surface area contributed by atoms with Crippen molar-refractivity contribution in [2.45, 2.75) is 26.3 Å². The average molecular weight is 232 g/mol. The van der Waals surface area contributed by atoms with Crippen molar-refractivity contribution in [2.75, 3.05) is 6.54 Å². The minimum absolute atomic E-state index is 0.123. The van der Waals surface area contributed by atoms with Gasteiger partial charge in [-0.1, -0.05) is 44.2 Å². The monoisotopic (exact) mass is 232 g/mol. The van der Waals surface area contributed by atoms with Crippen molar-refractivity contribution in [1.82, 2.24) is 5.32 Å². The fourth-order valence-electron chi connectivity index (χ4n) is 2.07. The largest absolute Gasteiger partial charge is 0.354 e. The summed E-state index contributed by atoms with van der Waals surface area (Å²) >= 11 is 0. The van der Waals surface area contributed by atoms with Crippen molar-refractivity contribution in [1.29, 1.82) is 0 Å². The highest BCUT2D eigenvalue weighted by Gasteiger charge is 2.50. The van der Waals surface area contributed by atoms with Gasteiger partial charge in [0.2, 0.25) is 5.91 Å². The Morgan fingerprint density at radius 1 is 1.47 bits per heavy atom. The van der Waals surface area contributed by atoms with Gasteiger partial charge >= 0.3 is 0 Å². The molecule has 3 nitrogen and oxygen atoms in total.